The Hall–Kier alpha value is -1.91. The van der Waals surface area contributed by atoms with Crippen LogP contribution in [0, 0.1) is 19.8 Å². The summed E-state index contributed by atoms with van der Waals surface area (Å²) in [6.07, 6.45) is 0.934. The van der Waals surface area contributed by atoms with Crippen LogP contribution >= 0.6 is 0 Å². The van der Waals surface area contributed by atoms with Gasteiger partial charge in [-0.15, -0.1) is 0 Å². The van der Waals surface area contributed by atoms with Crippen molar-refractivity contribution in [2.45, 2.75) is 40.7 Å². The van der Waals surface area contributed by atoms with Crippen LogP contribution < -0.4 is 5.32 Å². The molecule has 2 rings (SSSR count). The molecule has 0 spiro atoms. The van der Waals surface area contributed by atoms with E-state index in [0.717, 1.165) is 29.3 Å². The van der Waals surface area contributed by atoms with Crippen LogP contribution in [0.2, 0.25) is 0 Å². The van der Waals surface area contributed by atoms with Gasteiger partial charge in [0.15, 0.2) is 5.76 Å². The number of hydrogen-bond donors (Lipinski definition) is 1. The Morgan fingerprint density at radius 2 is 1.84 bits per heavy atom. The summed E-state index contributed by atoms with van der Waals surface area (Å²) in [6.45, 7) is 8.78. The quantitative estimate of drug-likeness (QED) is 0.895. The minimum atomic E-state index is 0.550. The highest BCUT2D eigenvalue weighted by molar-refractivity contribution is 5.28. The van der Waals surface area contributed by atoms with Crippen molar-refractivity contribution in [3.63, 3.8) is 0 Å². The normalized spacial score (nSPS) is 11.0. The lowest BCUT2D eigenvalue weighted by molar-refractivity contribution is 0.378. The molecule has 0 bridgehead atoms. The van der Waals surface area contributed by atoms with Gasteiger partial charge in [-0.05, 0) is 32.3 Å². The zero-order valence-electron chi connectivity index (χ0n) is 11.9. The maximum Gasteiger partial charge on any atom is 0.223 e. The number of hydrogen-bond acceptors (Lipinski definition) is 5. The fraction of sp³-hybridized carbons (Fsp3) is 0.500. The Morgan fingerprint density at radius 3 is 2.47 bits per heavy atom. The molecule has 2 aromatic rings. The molecule has 0 aliphatic rings. The third kappa shape index (κ3) is 4.05. The number of rotatable bonds is 5. The summed E-state index contributed by atoms with van der Waals surface area (Å²) in [4.78, 5) is 8.64. The van der Waals surface area contributed by atoms with Gasteiger partial charge in [0.05, 0.1) is 12.2 Å². The first kappa shape index (κ1) is 13.5. The van der Waals surface area contributed by atoms with E-state index in [0.29, 0.717) is 18.4 Å². The molecule has 0 atom stereocenters. The first-order chi connectivity index (χ1) is 9.02. The number of nitrogens with zero attached hydrogens (tertiary/aromatic N) is 3. The SMILES string of the molecule is Cc1cc(C)nc(NCc2cc(CC(C)C)no2)n1. The molecule has 0 radical (unpaired) electrons. The molecule has 102 valence electrons. The summed E-state index contributed by atoms with van der Waals surface area (Å²) >= 11 is 0. The van der Waals surface area contributed by atoms with Crippen LogP contribution in [0.15, 0.2) is 16.7 Å². The molecule has 2 heterocycles. The number of aromatic nitrogens is 3. The van der Waals surface area contributed by atoms with Crippen molar-refractivity contribution in [2.75, 3.05) is 5.32 Å². The van der Waals surface area contributed by atoms with Crippen LogP contribution in [0.1, 0.15) is 36.7 Å². The Morgan fingerprint density at radius 1 is 1.16 bits per heavy atom. The molecule has 2 aromatic heterocycles. The maximum absolute atomic E-state index is 5.28. The zero-order valence-corrected chi connectivity index (χ0v) is 11.9. The summed E-state index contributed by atoms with van der Waals surface area (Å²) < 4.78 is 5.28. The van der Waals surface area contributed by atoms with Crippen LogP contribution in [-0.2, 0) is 13.0 Å². The molecule has 0 amide bonds. The fourth-order valence-corrected chi connectivity index (χ4v) is 1.92. The van der Waals surface area contributed by atoms with E-state index in [9.17, 15) is 0 Å². The van der Waals surface area contributed by atoms with Crippen molar-refractivity contribution in [3.05, 3.63) is 35.0 Å². The van der Waals surface area contributed by atoms with Crippen LogP contribution in [0.25, 0.3) is 0 Å². The predicted octanol–water partition coefficient (Wildman–Crippen LogP) is 2.89. The molecule has 0 aromatic carbocycles. The Labute approximate surface area is 113 Å². The van der Waals surface area contributed by atoms with E-state index < -0.39 is 0 Å². The third-order valence-corrected chi connectivity index (χ3v) is 2.63. The summed E-state index contributed by atoms with van der Waals surface area (Å²) in [7, 11) is 0. The van der Waals surface area contributed by atoms with Gasteiger partial charge in [0, 0.05) is 17.5 Å². The van der Waals surface area contributed by atoms with Gasteiger partial charge in [-0.25, -0.2) is 9.97 Å². The second kappa shape index (κ2) is 5.82. The van der Waals surface area contributed by atoms with Gasteiger partial charge in [-0.2, -0.15) is 0 Å². The number of nitrogens with one attached hydrogen (secondary N) is 1. The minimum Gasteiger partial charge on any atom is -0.359 e. The Balaban J connectivity index is 1.96. The second-order valence-corrected chi connectivity index (χ2v) is 5.21. The van der Waals surface area contributed by atoms with E-state index in [1.807, 2.05) is 26.0 Å². The Kier molecular flexibility index (Phi) is 4.14. The van der Waals surface area contributed by atoms with Crippen molar-refractivity contribution in [1.82, 2.24) is 15.1 Å². The standard InChI is InChI=1S/C14H20N4O/c1-9(2)5-12-7-13(19-18-12)8-15-14-16-10(3)6-11(4)17-14/h6-7,9H,5,8H2,1-4H3,(H,15,16,17). The summed E-state index contributed by atoms with van der Waals surface area (Å²) in [5, 5.41) is 7.20. The monoisotopic (exact) mass is 260 g/mol. The van der Waals surface area contributed by atoms with E-state index in [1.165, 1.54) is 0 Å². The minimum absolute atomic E-state index is 0.550. The molecule has 5 nitrogen and oxygen atoms in total. The lowest BCUT2D eigenvalue weighted by Crippen LogP contribution is -2.04. The first-order valence-electron chi connectivity index (χ1n) is 6.53. The van der Waals surface area contributed by atoms with E-state index in [-0.39, 0.29) is 0 Å². The van der Waals surface area contributed by atoms with Gasteiger partial charge in [-0.3, -0.25) is 0 Å². The molecule has 5 heteroatoms. The lowest BCUT2D eigenvalue weighted by atomic mass is 10.1. The van der Waals surface area contributed by atoms with Gasteiger partial charge in [0.25, 0.3) is 0 Å². The van der Waals surface area contributed by atoms with Gasteiger partial charge < -0.3 is 9.84 Å². The highest BCUT2D eigenvalue weighted by atomic mass is 16.5. The molecular weight excluding hydrogens is 240 g/mol. The third-order valence-electron chi connectivity index (χ3n) is 2.63. The van der Waals surface area contributed by atoms with Crippen molar-refractivity contribution >= 4 is 5.95 Å². The average molecular weight is 260 g/mol. The largest absolute Gasteiger partial charge is 0.359 e. The average Bonchev–Trinajstić information content (AvgIpc) is 2.72. The molecule has 19 heavy (non-hydrogen) atoms. The fourth-order valence-electron chi connectivity index (χ4n) is 1.92. The van der Waals surface area contributed by atoms with E-state index >= 15 is 0 Å². The highest BCUT2D eigenvalue weighted by Gasteiger charge is 2.07. The molecule has 1 N–H and O–H groups in total. The van der Waals surface area contributed by atoms with Gasteiger partial charge in [-0.1, -0.05) is 19.0 Å². The second-order valence-electron chi connectivity index (χ2n) is 5.21. The van der Waals surface area contributed by atoms with Crippen molar-refractivity contribution < 1.29 is 4.52 Å². The van der Waals surface area contributed by atoms with Crippen molar-refractivity contribution in [1.29, 1.82) is 0 Å². The topological polar surface area (TPSA) is 63.8 Å². The van der Waals surface area contributed by atoms with Crippen LogP contribution in [0.5, 0.6) is 0 Å². The zero-order chi connectivity index (χ0) is 13.8. The molecule has 0 saturated carbocycles. The maximum atomic E-state index is 5.28. The van der Waals surface area contributed by atoms with Crippen molar-refractivity contribution in [2.24, 2.45) is 5.92 Å². The molecule has 0 saturated heterocycles. The van der Waals surface area contributed by atoms with E-state index in [4.69, 9.17) is 4.52 Å². The van der Waals surface area contributed by atoms with Gasteiger partial charge in [0.2, 0.25) is 5.95 Å². The predicted molar refractivity (Wildman–Crippen MR) is 73.9 cm³/mol. The number of anilines is 1. The highest BCUT2D eigenvalue weighted by Crippen LogP contribution is 2.11. The van der Waals surface area contributed by atoms with Crippen LogP contribution in [-0.4, -0.2) is 15.1 Å². The molecule has 0 unspecified atom stereocenters. The van der Waals surface area contributed by atoms with Gasteiger partial charge >= 0.3 is 0 Å². The lowest BCUT2D eigenvalue weighted by Gasteiger charge is -2.04. The summed E-state index contributed by atoms with van der Waals surface area (Å²) in [5.74, 6) is 2.01. The molecule has 0 aliphatic carbocycles. The van der Waals surface area contributed by atoms with Crippen LogP contribution in [0.4, 0.5) is 5.95 Å². The van der Waals surface area contributed by atoms with E-state index in [1.54, 1.807) is 0 Å². The molecule has 0 fully saturated rings. The smallest absolute Gasteiger partial charge is 0.223 e. The van der Waals surface area contributed by atoms with Crippen LogP contribution in [0.3, 0.4) is 0 Å². The summed E-state index contributed by atoms with van der Waals surface area (Å²) in [6, 6.07) is 3.93. The van der Waals surface area contributed by atoms with Gasteiger partial charge in [0.1, 0.15) is 0 Å². The number of aryl methyl sites for hydroxylation is 2. The first-order valence-corrected chi connectivity index (χ1v) is 6.53. The Bertz CT molecular complexity index is 528. The molecular formula is C14H20N4O. The van der Waals surface area contributed by atoms with Crippen molar-refractivity contribution in [3.8, 4) is 0 Å². The molecule has 0 aliphatic heterocycles. The van der Waals surface area contributed by atoms with E-state index in [2.05, 4.69) is 34.3 Å². The summed E-state index contributed by atoms with van der Waals surface area (Å²) in [5.41, 5.74) is 2.90.